The maximum absolute atomic E-state index is 14.1. The Hall–Kier alpha value is -2.17. The number of rotatable bonds is 6. The topological polar surface area (TPSA) is 17.1 Å². The third-order valence-corrected chi connectivity index (χ3v) is 5.66. The Morgan fingerprint density at radius 2 is 1.67 bits per heavy atom. The quantitative estimate of drug-likeness (QED) is 0.301. The van der Waals surface area contributed by atoms with E-state index < -0.39 is 0 Å². The first-order valence-corrected chi connectivity index (χ1v) is 10.3. The molecule has 0 spiro atoms. The van der Waals surface area contributed by atoms with E-state index >= 15 is 0 Å². The minimum Gasteiger partial charge on any atom is -0.288 e. The van der Waals surface area contributed by atoms with Crippen molar-refractivity contribution in [3.8, 4) is 0 Å². The van der Waals surface area contributed by atoms with Crippen LogP contribution in [0.2, 0.25) is 0 Å². The Kier molecular flexibility index (Phi) is 6.64. The first-order chi connectivity index (χ1) is 13.0. The largest absolute Gasteiger partial charge is 0.288 e. The van der Waals surface area contributed by atoms with E-state index in [2.05, 4.69) is 15.9 Å². The molecule has 0 aliphatic carbocycles. The van der Waals surface area contributed by atoms with E-state index in [-0.39, 0.29) is 11.6 Å². The molecule has 3 rings (SSSR count). The van der Waals surface area contributed by atoms with Crippen molar-refractivity contribution in [1.29, 1.82) is 0 Å². The summed E-state index contributed by atoms with van der Waals surface area (Å²) < 4.78 is 15.0. The predicted molar refractivity (Wildman–Crippen MR) is 115 cm³/mol. The van der Waals surface area contributed by atoms with Crippen molar-refractivity contribution in [1.82, 2.24) is 0 Å². The summed E-state index contributed by atoms with van der Waals surface area (Å²) in [5.74, 6) is 0.195. The molecule has 0 fully saturated rings. The van der Waals surface area contributed by atoms with Gasteiger partial charge in [-0.25, -0.2) is 4.39 Å². The van der Waals surface area contributed by atoms with Crippen LogP contribution in [0.4, 0.5) is 4.39 Å². The molecule has 0 aliphatic rings. The van der Waals surface area contributed by atoms with E-state index in [4.69, 9.17) is 0 Å². The third kappa shape index (κ3) is 5.41. The minimum absolute atomic E-state index is 0.108. The van der Waals surface area contributed by atoms with Gasteiger partial charge in [0.05, 0.1) is 4.91 Å². The van der Waals surface area contributed by atoms with Gasteiger partial charge in [0.25, 0.3) is 0 Å². The lowest BCUT2D eigenvalue weighted by Gasteiger charge is -2.09. The van der Waals surface area contributed by atoms with E-state index in [1.165, 1.54) is 23.4 Å². The fourth-order valence-corrected chi connectivity index (χ4v) is 3.73. The Labute approximate surface area is 171 Å². The second kappa shape index (κ2) is 9.16. The number of aryl methyl sites for hydroxylation is 1. The second-order valence-electron chi connectivity index (χ2n) is 6.14. The molecular weight excluding hydrogens is 423 g/mol. The molecular formula is C23H18BrFOS. The Morgan fingerprint density at radius 1 is 1.00 bits per heavy atom. The van der Waals surface area contributed by atoms with E-state index in [9.17, 15) is 9.18 Å². The van der Waals surface area contributed by atoms with Crippen LogP contribution in [-0.2, 0) is 5.75 Å². The molecule has 4 heteroatoms. The van der Waals surface area contributed by atoms with E-state index in [0.29, 0.717) is 21.8 Å². The number of Topliss-reactive ketones (excluding diaryl/α,β-unsaturated/α-hetero) is 1. The summed E-state index contributed by atoms with van der Waals surface area (Å²) in [5.41, 5.74) is 3.30. The first-order valence-electron chi connectivity index (χ1n) is 8.48. The smallest absolute Gasteiger partial charge is 0.199 e. The van der Waals surface area contributed by atoms with E-state index in [0.717, 1.165) is 10.0 Å². The monoisotopic (exact) mass is 440 g/mol. The van der Waals surface area contributed by atoms with Crippen LogP contribution in [0, 0.1) is 12.7 Å². The molecule has 0 bridgehead atoms. The highest BCUT2D eigenvalue weighted by Crippen LogP contribution is 2.28. The SMILES string of the molecule is Cc1ccc(CS/C(=C/c2ccccc2F)C(=O)c2ccc(Br)cc2)cc1. The number of hydrogen-bond acceptors (Lipinski definition) is 2. The summed E-state index contributed by atoms with van der Waals surface area (Å²) in [6, 6.07) is 21.9. The maximum Gasteiger partial charge on any atom is 0.199 e. The zero-order chi connectivity index (χ0) is 19.2. The molecule has 136 valence electrons. The Balaban J connectivity index is 1.90. The highest BCUT2D eigenvalue weighted by molar-refractivity contribution is 9.10. The second-order valence-corrected chi connectivity index (χ2v) is 8.07. The predicted octanol–water partition coefficient (Wildman–Crippen LogP) is 7.05. The summed E-state index contributed by atoms with van der Waals surface area (Å²) in [6.45, 7) is 2.04. The highest BCUT2D eigenvalue weighted by Gasteiger charge is 2.14. The molecule has 27 heavy (non-hydrogen) atoms. The van der Waals surface area contributed by atoms with E-state index in [1.54, 1.807) is 36.4 Å². The van der Waals surface area contributed by atoms with Crippen molar-refractivity contribution in [3.63, 3.8) is 0 Å². The van der Waals surface area contributed by atoms with Crippen molar-refractivity contribution in [3.05, 3.63) is 110 Å². The van der Waals surface area contributed by atoms with Crippen LogP contribution in [0.3, 0.4) is 0 Å². The molecule has 0 N–H and O–H groups in total. The van der Waals surface area contributed by atoms with Crippen molar-refractivity contribution in [2.45, 2.75) is 12.7 Å². The van der Waals surface area contributed by atoms with Crippen LogP contribution in [0.15, 0.2) is 82.2 Å². The molecule has 3 aromatic carbocycles. The van der Waals surface area contributed by atoms with Crippen LogP contribution in [0.1, 0.15) is 27.0 Å². The van der Waals surface area contributed by atoms with Crippen LogP contribution in [0.5, 0.6) is 0 Å². The first kappa shape index (κ1) is 19.6. The standard InChI is InChI=1S/C23H18BrFOS/c1-16-6-8-17(9-7-16)15-27-22(14-19-4-2-3-5-21(19)25)23(26)18-10-12-20(24)13-11-18/h2-14H,15H2,1H3/b22-14+. The summed E-state index contributed by atoms with van der Waals surface area (Å²) >= 11 is 4.81. The van der Waals surface area contributed by atoms with Crippen LogP contribution in [-0.4, -0.2) is 5.78 Å². The van der Waals surface area contributed by atoms with Gasteiger partial charge >= 0.3 is 0 Å². The molecule has 0 amide bonds. The number of carbonyl (C=O) groups is 1. The van der Waals surface area contributed by atoms with Gasteiger partial charge in [-0.1, -0.05) is 64.0 Å². The summed E-state index contributed by atoms with van der Waals surface area (Å²) in [4.78, 5) is 13.5. The summed E-state index contributed by atoms with van der Waals surface area (Å²) in [5, 5.41) is 0. The summed E-state index contributed by atoms with van der Waals surface area (Å²) in [7, 11) is 0. The normalized spacial score (nSPS) is 11.4. The lowest BCUT2D eigenvalue weighted by Crippen LogP contribution is -2.02. The average molecular weight is 441 g/mol. The molecule has 0 atom stereocenters. The number of allylic oxidation sites excluding steroid dienone is 1. The number of hydrogen-bond donors (Lipinski definition) is 0. The molecule has 0 saturated carbocycles. The van der Waals surface area contributed by atoms with Gasteiger partial charge in [0.15, 0.2) is 5.78 Å². The van der Waals surface area contributed by atoms with E-state index in [1.807, 2.05) is 43.3 Å². The third-order valence-electron chi connectivity index (χ3n) is 4.04. The lowest BCUT2D eigenvalue weighted by atomic mass is 10.1. The molecule has 0 unspecified atom stereocenters. The molecule has 0 radical (unpaired) electrons. The number of benzene rings is 3. The van der Waals surface area contributed by atoms with Gasteiger partial charge in [-0.15, -0.1) is 11.8 Å². The number of thioether (sulfide) groups is 1. The highest BCUT2D eigenvalue weighted by atomic mass is 79.9. The van der Waals surface area contributed by atoms with Crippen molar-refractivity contribution < 1.29 is 9.18 Å². The van der Waals surface area contributed by atoms with Crippen molar-refractivity contribution in [2.75, 3.05) is 0 Å². The van der Waals surface area contributed by atoms with Crippen LogP contribution in [0.25, 0.3) is 6.08 Å². The molecule has 0 aliphatic heterocycles. The van der Waals surface area contributed by atoms with Gasteiger partial charge in [-0.3, -0.25) is 4.79 Å². The van der Waals surface area contributed by atoms with Gasteiger partial charge < -0.3 is 0 Å². The van der Waals surface area contributed by atoms with Crippen molar-refractivity contribution >= 4 is 39.6 Å². The summed E-state index contributed by atoms with van der Waals surface area (Å²) in [6.07, 6.45) is 1.64. The van der Waals surface area contributed by atoms with Gasteiger partial charge in [0, 0.05) is 21.4 Å². The molecule has 1 nitrogen and oxygen atoms in total. The van der Waals surface area contributed by atoms with Crippen LogP contribution >= 0.6 is 27.7 Å². The average Bonchev–Trinajstić information content (AvgIpc) is 2.68. The molecule has 0 heterocycles. The van der Waals surface area contributed by atoms with Gasteiger partial charge in [0.2, 0.25) is 0 Å². The Morgan fingerprint density at radius 3 is 2.33 bits per heavy atom. The zero-order valence-electron chi connectivity index (χ0n) is 14.8. The molecule has 0 aromatic heterocycles. The van der Waals surface area contributed by atoms with Crippen molar-refractivity contribution in [2.24, 2.45) is 0 Å². The zero-order valence-corrected chi connectivity index (χ0v) is 17.2. The maximum atomic E-state index is 14.1. The lowest BCUT2D eigenvalue weighted by molar-refractivity contribution is 0.104. The molecule has 0 saturated heterocycles. The van der Waals surface area contributed by atoms with Gasteiger partial charge in [0.1, 0.15) is 5.82 Å². The number of carbonyl (C=O) groups excluding carboxylic acids is 1. The fraction of sp³-hybridized carbons (Fsp3) is 0.0870. The minimum atomic E-state index is -0.338. The van der Waals surface area contributed by atoms with Gasteiger partial charge in [-0.05, 0) is 48.9 Å². The number of halogens is 2. The van der Waals surface area contributed by atoms with Crippen LogP contribution < -0.4 is 0 Å². The van der Waals surface area contributed by atoms with Gasteiger partial charge in [-0.2, -0.15) is 0 Å². The Bertz CT molecular complexity index is 962. The number of ketones is 1. The fourth-order valence-electron chi connectivity index (χ4n) is 2.50. The molecule has 3 aromatic rings.